The van der Waals surface area contributed by atoms with Crippen molar-refractivity contribution < 1.29 is 38.4 Å². The third kappa shape index (κ3) is 7.03. The minimum absolute atomic E-state index is 0.0555. The van der Waals surface area contributed by atoms with Crippen LogP contribution in [0.3, 0.4) is 0 Å². The molecule has 4 aromatic carbocycles. The fourth-order valence-electron chi connectivity index (χ4n) is 10.1. The molecule has 5 atom stereocenters. The Labute approximate surface area is 355 Å². The van der Waals surface area contributed by atoms with Gasteiger partial charge in [0.05, 0.1) is 64.8 Å². The van der Waals surface area contributed by atoms with Gasteiger partial charge in [0.15, 0.2) is 5.60 Å². The molecule has 3 saturated heterocycles. The lowest BCUT2D eigenvalue weighted by Gasteiger charge is -2.37. The van der Waals surface area contributed by atoms with Gasteiger partial charge >= 0.3 is 12.2 Å². The number of amides is 3. The summed E-state index contributed by atoms with van der Waals surface area (Å²) in [6, 6.07) is 31.4. The van der Waals surface area contributed by atoms with Crippen molar-refractivity contribution in [2.75, 3.05) is 54.7 Å². The molecule has 0 bridgehead atoms. The van der Waals surface area contributed by atoms with Gasteiger partial charge in [0.2, 0.25) is 0 Å². The van der Waals surface area contributed by atoms with Crippen molar-refractivity contribution in [1.29, 1.82) is 0 Å². The van der Waals surface area contributed by atoms with E-state index in [0.29, 0.717) is 61.0 Å². The fourth-order valence-corrected chi connectivity index (χ4v) is 14.1. The summed E-state index contributed by atoms with van der Waals surface area (Å²) < 4.78 is 25.3. The fraction of sp³-hybridized carbons (Fsp3) is 0.370. The van der Waals surface area contributed by atoms with Gasteiger partial charge in [-0.15, -0.1) is 5.10 Å². The third-order valence-electron chi connectivity index (χ3n) is 13.2. The molecule has 1 unspecified atom stereocenters. The molecule has 1 aromatic heterocycles. The molecule has 1 spiro atoms. The maximum absolute atomic E-state index is 15.6. The largest absolute Gasteiger partial charge is 0.497 e. The number of anilines is 3. The highest BCUT2D eigenvalue weighted by molar-refractivity contribution is 6.91. The summed E-state index contributed by atoms with van der Waals surface area (Å²) in [5.41, 5.74) is 3.78. The zero-order valence-electron chi connectivity index (χ0n) is 34.8. The van der Waals surface area contributed by atoms with Crippen LogP contribution in [-0.4, -0.2) is 92.4 Å². The summed E-state index contributed by atoms with van der Waals surface area (Å²) in [7, 11) is -0.836. The Bertz CT molecular complexity index is 2450. The Kier molecular flexibility index (Phi) is 10.7. The van der Waals surface area contributed by atoms with Gasteiger partial charge in [-0.05, 0) is 65.6 Å². The number of hydrogen-bond donors (Lipinski definition) is 1. The van der Waals surface area contributed by atoms with Gasteiger partial charge in [-0.3, -0.25) is 19.3 Å². The minimum atomic E-state index is -2.49. The first-order chi connectivity index (χ1) is 29.5. The molecule has 316 valence electrons. The number of aliphatic hydroxyl groups is 1. The van der Waals surface area contributed by atoms with Gasteiger partial charge < -0.3 is 29.0 Å². The summed E-state index contributed by atoms with van der Waals surface area (Å²) in [4.78, 5) is 46.0. The van der Waals surface area contributed by atoms with Gasteiger partial charge in [0, 0.05) is 35.6 Å². The number of cyclic esters (lactones) is 2. The molecule has 61 heavy (non-hydrogen) atoms. The summed E-state index contributed by atoms with van der Waals surface area (Å²) in [6.07, 6.45) is 1.22. The number of methoxy groups -OCH3 is 1. The SMILES string of the molecule is COc1ccc([Si](C)(C)[C@H]2[C@H](CCn3cc(C(CO)c4ccccc4)nn3)O[C@@]3(C(=O)N(Cc4cccc(N5CCOC5=O)c4)c4ccc(N5CCOC5=O)cc43)[C@@H]2C)cc1. The predicted octanol–water partition coefficient (Wildman–Crippen LogP) is 6.18. The molecular formula is C46H50N6O8Si. The molecule has 1 N–H and O–H groups in total. The van der Waals surface area contributed by atoms with Gasteiger partial charge in [0.25, 0.3) is 5.91 Å². The average molecular weight is 843 g/mol. The van der Waals surface area contributed by atoms with Crippen molar-refractivity contribution in [1.82, 2.24) is 15.0 Å². The van der Waals surface area contributed by atoms with E-state index in [1.165, 1.54) is 5.19 Å². The summed E-state index contributed by atoms with van der Waals surface area (Å²) >= 11 is 0. The monoisotopic (exact) mass is 842 g/mol. The van der Waals surface area contributed by atoms with Crippen molar-refractivity contribution in [3.05, 3.63) is 126 Å². The van der Waals surface area contributed by atoms with Crippen LogP contribution in [-0.2, 0) is 37.7 Å². The first-order valence-corrected chi connectivity index (χ1v) is 23.9. The van der Waals surface area contributed by atoms with Crippen LogP contribution in [0.25, 0.3) is 0 Å². The maximum atomic E-state index is 15.6. The molecule has 0 saturated carbocycles. The van der Waals surface area contributed by atoms with Crippen molar-refractivity contribution in [3.8, 4) is 5.75 Å². The summed E-state index contributed by atoms with van der Waals surface area (Å²) in [5.74, 6) is -0.0242. The van der Waals surface area contributed by atoms with Gasteiger partial charge in [-0.25, -0.2) is 9.59 Å². The zero-order chi connectivity index (χ0) is 42.5. The number of aromatic nitrogens is 3. The van der Waals surface area contributed by atoms with Crippen molar-refractivity contribution in [3.63, 3.8) is 0 Å². The van der Waals surface area contributed by atoms with Crippen LogP contribution in [0.2, 0.25) is 18.6 Å². The van der Waals surface area contributed by atoms with Crippen LogP contribution in [0.5, 0.6) is 5.75 Å². The Hall–Kier alpha value is -6.03. The van der Waals surface area contributed by atoms with E-state index in [9.17, 15) is 14.7 Å². The Morgan fingerprint density at radius 2 is 1.59 bits per heavy atom. The van der Waals surface area contributed by atoms with Gasteiger partial charge in [0.1, 0.15) is 19.0 Å². The highest BCUT2D eigenvalue weighted by atomic mass is 28.3. The number of aliphatic hydroxyl groups excluding tert-OH is 1. The number of benzene rings is 4. The number of nitrogens with zero attached hydrogens (tertiary/aromatic N) is 6. The Morgan fingerprint density at radius 3 is 2.25 bits per heavy atom. The van der Waals surface area contributed by atoms with E-state index >= 15 is 4.79 Å². The molecule has 0 aliphatic carbocycles. The van der Waals surface area contributed by atoms with E-state index in [-0.39, 0.29) is 49.1 Å². The van der Waals surface area contributed by atoms with E-state index < -0.39 is 25.9 Å². The first kappa shape index (κ1) is 40.4. The summed E-state index contributed by atoms with van der Waals surface area (Å²) in [6.45, 7) is 8.86. The summed E-state index contributed by atoms with van der Waals surface area (Å²) in [5, 5.41) is 20.6. The van der Waals surface area contributed by atoms with Crippen LogP contribution in [0, 0.1) is 5.92 Å². The van der Waals surface area contributed by atoms with Crippen LogP contribution >= 0.6 is 0 Å². The molecule has 0 radical (unpaired) electrons. The van der Waals surface area contributed by atoms with Crippen LogP contribution in [0.1, 0.15) is 41.6 Å². The molecule has 14 nitrogen and oxygen atoms in total. The van der Waals surface area contributed by atoms with Gasteiger partial charge in [-0.1, -0.05) is 85.0 Å². The molecule has 15 heteroatoms. The molecule has 3 amide bonds. The number of carbonyl (C=O) groups is 3. The highest BCUT2D eigenvalue weighted by Gasteiger charge is 2.66. The number of ether oxygens (including phenoxy) is 4. The smallest absolute Gasteiger partial charge is 0.414 e. The van der Waals surface area contributed by atoms with E-state index in [0.717, 1.165) is 16.9 Å². The van der Waals surface area contributed by atoms with Crippen LogP contribution in [0.4, 0.5) is 26.7 Å². The lowest BCUT2D eigenvalue weighted by molar-refractivity contribution is -0.146. The molecule has 5 heterocycles. The number of fused-ring (bicyclic) bond motifs is 2. The number of rotatable bonds is 13. The molecule has 4 aliphatic heterocycles. The quantitative estimate of drug-likeness (QED) is 0.136. The lowest BCUT2D eigenvalue weighted by Crippen LogP contribution is -2.51. The highest BCUT2D eigenvalue weighted by Crippen LogP contribution is 2.60. The Morgan fingerprint density at radius 1 is 0.885 bits per heavy atom. The third-order valence-corrected chi connectivity index (χ3v) is 17.5. The van der Waals surface area contributed by atoms with E-state index in [1.54, 1.807) is 26.5 Å². The molecule has 3 fully saturated rings. The maximum Gasteiger partial charge on any atom is 0.414 e. The number of carbonyl (C=O) groups excluding carboxylic acids is 3. The van der Waals surface area contributed by atoms with Crippen LogP contribution in [0.15, 0.2) is 103 Å². The van der Waals surface area contributed by atoms with Gasteiger partial charge in [-0.2, -0.15) is 0 Å². The Balaban J connectivity index is 1.11. The van der Waals surface area contributed by atoms with E-state index in [2.05, 4.69) is 42.5 Å². The second-order valence-corrected chi connectivity index (χ2v) is 21.5. The zero-order valence-corrected chi connectivity index (χ0v) is 35.8. The molecular weight excluding hydrogens is 793 g/mol. The van der Waals surface area contributed by atoms with Crippen molar-refractivity contribution in [2.45, 2.75) is 62.7 Å². The van der Waals surface area contributed by atoms with Crippen LogP contribution < -0.4 is 24.6 Å². The van der Waals surface area contributed by atoms with E-state index in [4.69, 9.17) is 18.9 Å². The second kappa shape index (κ2) is 16.1. The minimum Gasteiger partial charge on any atom is -0.497 e. The average Bonchev–Trinajstić information content (AvgIpc) is 4.12. The van der Waals surface area contributed by atoms with Crippen molar-refractivity contribution >= 4 is 48.4 Å². The number of aryl methyl sites for hydroxylation is 1. The van der Waals surface area contributed by atoms with E-state index in [1.807, 2.05) is 91.1 Å². The standard InChI is InChI=1S/C46H50N6O8Si/c1-30-42(61(3,4)36-16-14-35(57-2)15-17-36)41(19-20-49-28-39(47-48-49)37(29-53)32-10-6-5-7-11-32)60-46(30)38-26-34(51-22-24-59-45(51)56)13-18-40(38)52(43(46)54)27-31-9-8-12-33(25-31)50-21-23-58-44(50)55/h5-18,25-26,28,30,37,41-42,53H,19-24,27,29H2,1-4H3/t30-,37?,41+,42-,46+/m1/s1. The molecule has 9 rings (SSSR count). The second-order valence-electron chi connectivity index (χ2n) is 16.8. The topological polar surface area (TPSA) is 149 Å². The lowest BCUT2D eigenvalue weighted by atomic mass is 9.82. The normalized spacial score (nSPS) is 22.9. The molecule has 5 aromatic rings. The molecule has 4 aliphatic rings. The predicted molar refractivity (Wildman–Crippen MR) is 231 cm³/mol. The van der Waals surface area contributed by atoms with Crippen molar-refractivity contribution in [2.24, 2.45) is 5.92 Å². The number of hydrogen-bond acceptors (Lipinski definition) is 10. The first-order valence-electron chi connectivity index (χ1n) is 20.9.